The molecule has 0 aromatic heterocycles. The molecule has 4 nitrogen and oxygen atoms in total. The standard InChI is InChI=1S/C17H27NO3/c1-12-6-8-15(9-7-12)21-13(2)16(20)18-14(11-19)10-17(3,4)5/h6-9,13-14,19H,10-11H2,1-5H3,(H,18,20). The summed E-state index contributed by atoms with van der Waals surface area (Å²) in [6, 6.07) is 7.32. The van der Waals surface area contributed by atoms with Crippen LogP contribution in [0.3, 0.4) is 0 Å². The summed E-state index contributed by atoms with van der Waals surface area (Å²) in [7, 11) is 0. The van der Waals surface area contributed by atoms with Crippen LogP contribution in [0.2, 0.25) is 0 Å². The van der Waals surface area contributed by atoms with Crippen molar-refractivity contribution >= 4 is 5.91 Å². The van der Waals surface area contributed by atoms with Crippen molar-refractivity contribution in [3.63, 3.8) is 0 Å². The molecule has 0 aliphatic carbocycles. The van der Waals surface area contributed by atoms with Gasteiger partial charge in [0.2, 0.25) is 0 Å². The highest BCUT2D eigenvalue weighted by Gasteiger charge is 2.23. The van der Waals surface area contributed by atoms with Crippen LogP contribution in [0.15, 0.2) is 24.3 Å². The summed E-state index contributed by atoms with van der Waals surface area (Å²) >= 11 is 0. The smallest absolute Gasteiger partial charge is 0.261 e. The number of carbonyl (C=O) groups is 1. The number of hydrogen-bond acceptors (Lipinski definition) is 3. The molecule has 0 heterocycles. The number of amides is 1. The second kappa shape index (κ2) is 7.46. The molecular formula is C17H27NO3. The Morgan fingerprint density at radius 2 is 1.86 bits per heavy atom. The number of ether oxygens (including phenoxy) is 1. The molecule has 0 fully saturated rings. The monoisotopic (exact) mass is 293 g/mol. The van der Waals surface area contributed by atoms with Gasteiger partial charge in [-0.25, -0.2) is 0 Å². The summed E-state index contributed by atoms with van der Waals surface area (Å²) in [6.45, 7) is 9.87. The minimum atomic E-state index is -0.596. The van der Waals surface area contributed by atoms with E-state index in [2.05, 4.69) is 26.1 Å². The quantitative estimate of drug-likeness (QED) is 0.848. The van der Waals surface area contributed by atoms with E-state index in [1.807, 2.05) is 31.2 Å². The lowest BCUT2D eigenvalue weighted by molar-refractivity contribution is -0.128. The number of nitrogens with one attached hydrogen (secondary N) is 1. The van der Waals surface area contributed by atoms with Crippen molar-refractivity contribution in [1.82, 2.24) is 5.32 Å². The Bertz CT molecular complexity index is 448. The van der Waals surface area contributed by atoms with E-state index in [1.54, 1.807) is 6.92 Å². The third-order valence-corrected chi connectivity index (χ3v) is 3.13. The Morgan fingerprint density at radius 3 is 2.33 bits per heavy atom. The van der Waals surface area contributed by atoms with Crippen molar-refractivity contribution in [2.24, 2.45) is 5.41 Å². The second-order valence-corrected chi connectivity index (χ2v) is 6.73. The number of carbonyl (C=O) groups excluding carboxylic acids is 1. The topological polar surface area (TPSA) is 58.6 Å². The van der Waals surface area contributed by atoms with Crippen LogP contribution in [0.4, 0.5) is 0 Å². The van der Waals surface area contributed by atoms with Crippen LogP contribution in [0.1, 0.15) is 39.7 Å². The van der Waals surface area contributed by atoms with Gasteiger partial charge in [0.1, 0.15) is 5.75 Å². The molecule has 0 radical (unpaired) electrons. The minimum Gasteiger partial charge on any atom is -0.481 e. The predicted molar refractivity (Wildman–Crippen MR) is 84.4 cm³/mol. The molecular weight excluding hydrogens is 266 g/mol. The van der Waals surface area contributed by atoms with E-state index in [9.17, 15) is 9.90 Å². The fourth-order valence-corrected chi connectivity index (χ4v) is 2.09. The summed E-state index contributed by atoms with van der Waals surface area (Å²) in [5.41, 5.74) is 1.19. The maximum Gasteiger partial charge on any atom is 0.261 e. The van der Waals surface area contributed by atoms with Gasteiger partial charge in [-0.3, -0.25) is 4.79 Å². The zero-order valence-corrected chi connectivity index (χ0v) is 13.6. The van der Waals surface area contributed by atoms with Gasteiger partial charge in [-0.2, -0.15) is 0 Å². The Labute approximate surface area is 127 Å². The molecule has 4 heteroatoms. The third kappa shape index (κ3) is 6.63. The predicted octanol–water partition coefficient (Wildman–Crippen LogP) is 2.68. The summed E-state index contributed by atoms with van der Waals surface area (Å²) in [4.78, 5) is 12.1. The lowest BCUT2D eigenvalue weighted by atomic mass is 9.88. The molecule has 1 rings (SSSR count). The van der Waals surface area contributed by atoms with E-state index in [-0.39, 0.29) is 24.0 Å². The first-order chi connectivity index (χ1) is 9.71. The van der Waals surface area contributed by atoms with Gasteiger partial charge in [0.05, 0.1) is 12.6 Å². The van der Waals surface area contributed by atoms with Gasteiger partial charge >= 0.3 is 0 Å². The van der Waals surface area contributed by atoms with Gasteiger partial charge in [-0.15, -0.1) is 0 Å². The lowest BCUT2D eigenvalue weighted by Gasteiger charge is -2.26. The average molecular weight is 293 g/mol. The SMILES string of the molecule is Cc1ccc(OC(C)C(=O)NC(CO)CC(C)(C)C)cc1. The molecule has 2 atom stereocenters. The molecule has 0 saturated heterocycles. The first-order valence-corrected chi connectivity index (χ1v) is 7.36. The van der Waals surface area contributed by atoms with Crippen LogP contribution >= 0.6 is 0 Å². The highest BCUT2D eigenvalue weighted by molar-refractivity contribution is 5.81. The van der Waals surface area contributed by atoms with Crippen LogP contribution in [0, 0.1) is 12.3 Å². The van der Waals surface area contributed by atoms with Crippen LogP contribution in [-0.4, -0.2) is 29.8 Å². The largest absolute Gasteiger partial charge is 0.481 e. The first-order valence-electron chi connectivity index (χ1n) is 7.36. The zero-order valence-electron chi connectivity index (χ0n) is 13.6. The number of hydrogen-bond donors (Lipinski definition) is 2. The average Bonchev–Trinajstić information content (AvgIpc) is 2.38. The van der Waals surface area contributed by atoms with Crippen molar-refractivity contribution in [1.29, 1.82) is 0 Å². The summed E-state index contributed by atoms with van der Waals surface area (Å²) in [6.07, 6.45) is 0.119. The molecule has 21 heavy (non-hydrogen) atoms. The van der Waals surface area contributed by atoms with E-state index in [1.165, 1.54) is 0 Å². The highest BCUT2D eigenvalue weighted by Crippen LogP contribution is 2.20. The van der Waals surface area contributed by atoms with E-state index < -0.39 is 6.10 Å². The van der Waals surface area contributed by atoms with Crippen molar-refractivity contribution in [3.8, 4) is 5.75 Å². The Morgan fingerprint density at radius 1 is 1.29 bits per heavy atom. The normalized spacial score (nSPS) is 14.4. The van der Waals surface area contributed by atoms with Gasteiger partial charge in [0.25, 0.3) is 5.91 Å². The molecule has 1 amide bonds. The molecule has 118 valence electrons. The first kappa shape index (κ1) is 17.5. The Balaban J connectivity index is 2.55. The van der Waals surface area contributed by atoms with Crippen molar-refractivity contribution in [3.05, 3.63) is 29.8 Å². The molecule has 2 unspecified atom stereocenters. The van der Waals surface area contributed by atoms with Gasteiger partial charge in [-0.1, -0.05) is 38.5 Å². The second-order valence-electron chi connectivity index (χ2n) is 6.73. The van der Waals surface area contributed by atoms with Crippen LogP contribution in [-0.2, 0) is 4.79 Å². The van der Waals surface area contributed by atoms with Gasteiger partial charge in [0.15, 0.2) is 6.10 Å². The lowest BCUT2D eigenvalue weighted by Crippen LogP contribution is -2.45. The van der Waals surface area contributed by atoms with E-state index in [0.717, 1.165) is 5.56 Å². The number of rotatable bonds is 6. The summed E-state index contributed by atoms with van der Waals surface area (Å²) in [5, 5.41) is 12.2. The van der Waals surface area contributed by atoms with Crippen molar-refractivity contribution in [2.75, 3.05) is 6.61 Å². The van der Waals surface area contributed by atoms with Crippen LogP contribution in [0.5, 0.6) is 5.75 Å². The molecule has 0 aliphatic heterocycles. The fraction of sp³-hybridized carbons (Fsp3) is 0.588. The number of aryl methyl sites for hydroxylation is 1. The van der Waals surface area contributed by atoms with Gasteiger partial charge in [-0.05, 0) is 37.8 Å². The van der Waals surface area contributed by atoms with Crippen molar-refractivity contribution < 1.29 is 14.6 Å². The molecule has 0 spiro atoms. The van der Waals surface area contributed by atoms with Gasteiger partial charge in [0, 0.05) is 0 Å². The molecule has 0 saturated carbocycles. The Kier molecular flexibility index (Phi) is 6.21. The molecule has 1 aromatic rings. The highest BCUT2D eigenvalue weighted by atomic mass is 16.5. The van der Waals surface area contributed by atoms with E-state index in [4.69, 9.17) is 4.74 Å². The maximum absolute atomic E-state index is 12.1. The zero-order chi connectivity index (χ0) is 16.0. The minimum absolute atomic E-state index is 0.0434. The number of benzene rings is 1. The van der Waals surface area contributed by atoms with Crippen LogP contribution in [0.25, 0.3) is 0 Å². The summed E-state index contributed by atoms with van der Waals surface area (Å²) < 4.78 is 5.61. The molecule has 2 N–H and O–H groups in total. The molecule has 0 aliphatic rings. The van der Waals surface area contributed by atoms with E-state index >= 15 is 0 Å². The Hall–Kier alpha value is -1.55. The fourth-order valence-electron chi connectivity index (χ4n) is 2.09. The summed E-state index contributed by atoms with van der Waals surface area (Å²) in [5.74, 6) is 0.457. The molecule has 0 bridgehead atoms. The number of aliphatic hydroxyl groups excluding tert-OH is 1. The van der Waals surface area contributed by atoms with Gasteiger partial charge < -0.3 is 15.2 Å². The maximum atomic E-state index is 12.1. The number of aliphatic hydroxyl groups is 1. The third-order valence-electron chi connectivity index (χ3n) is 3.13. The molecule has 1 aromatic carbocycles. The van der Waals surface area contributed by atoms with Crippen molar-refractivity contribution in [2.45, 2.75) is 53.2 Å². The van der Waals surface area contributed by atoms with E-state index in [0.29, 0.717) is 12.2 Å². The van der Waals surface area contributed by atoms with Crippen LogP contribution < -0.4 is 10.1 Å².